The van der Waals surface area contributed by atoms with Crippen LogP contribution in [0.5, 0.6) is 5.75 Å². The monoisotopic (exact) mass is 251 g/mol. The molecule has 0 saturated heterocycles. The molecule has 0 aliphatic carbocycles. The second-order valence-electron chi connectivity index (χ2n) is 4.59. The fraction of sp³-hybridized carbons (Fsp3) is 0.0625. The lowest BCUT2D eigenvalue weighted by Gasteiger charge is -2.09. The highest BCUT2D eigenvalue weighted by atomic mass is 16.3. The van der Waals surface area contributed by atoms with Crippen molar-refractivity contribution in [2.75, 3.05) is 0 Å². The van der Waals surface area contributed by atoms with Gasteiger partial charge in [-0.15, -0.1) is 0 Å². The van der Waals surface area contributed by atoms with E-state index in [1.165, 1.54) is 0 Å². The van der Waals surface area contributed by atoms with Crippen LogP contribution in [-0.4, -0.2) is 10.1 Å². The third-order valence-electron chi connectivity index (χ3n) is 3.21. The number of benzene rings is 2. The van der Waals surface area contributed by atoms with Gasteiger partial charge < -0.3 is 10.1 Å². The fourth-order valence-electron chi connectivity index (χ4n) is 2.29. The molecule has 1 aromatic heterocycles. The van der Waals surface area contributed by atoms with Gasteiger partial charge in [0.25, 0.3) is 5.56 Å². The number of hydrogen-bond donors (Lipinski definition) is 2. The molecule has 0 atom stereocenters. The average Bonchev–Trinajstić information content (AvgIpc) is 2.42. The van der Waals surface area contributed by atoms with Crippen molar-refractivity contribution in [2.45, 2.75) is 6.92 Å². The normalized spacial score (nSPS) is 10.8. The summed E-state index contributed by atoms with van der Waals surface area (Å²) in [7, 11) is 0. The van der Waals surface area contributed by atoms with Crippen LogP contribution < -0.4 is 5.56 Å². The van der Waals surface area contributed by atoms with Crippen molar-refractivity contribution in [3.05, 3.63) is 64.4 Å². The molecule has 3 rings (SSSR count). The molecule has 0 bridgehead atoms. The summed E-state index contributed by atoms with van der Waals surface area (Å²) in [5.41, 5.74) is 2.77. The van der Waals surface area contributed by atoms with E-state index in [-0.39, 0.29) is 5.75 Å². The van der Waals surface area contributed by atoms with Gasteiger partial charge in [0.05, 0.1) is 0 Å². The zero-order valence-electron chi connectivity index (χ0n) is 10.5. The molecular weight excluding hydrogens is 238 g/mol. The molecule has 3 heteroatoms. The molecule has 0 aliphatic heterocycles. The molecule has 0 fully saturated rings. The van der Waals surface area contributed by atoms with Crippen LogP contribution in [-0.2, 0) is 0 Å². The SMILES string of the molecule is Cc1ccc2[nH]c(=O)c(O)c(-c3ccccc3)c2c1. The quantitative estimate of drug-likeness (QED) is 0.697. The van der Waals surface area contributed by atoms with Gasteiger partial charge in [-0.2, -0.15) is 0 Å². The molecule has 0 spiro atoms. The number of fused-ring (bicyclic) bond motifs is 1. The summed E-state index contributed by atoms with van der Waals surface area (Å²) < 4.78 is 0. The van der Waals surface area contributed by atoms with Crippen molar-refractivity contribution in [1.82, 2.24) is 4.98 Å². The maximum absolute atomic E-state index is 11.8. The number of rotatable bonds is 1. The highest BCUT2D eigenvalue weighted by Crippen LogP contribution is 2.33. The number of aryl methyl sites for hydroxylation is 1. The van der Waals surface area contributed by atoms with E-state index in [1.807, 2.05) is 55.5 Å². The number of aromatic amines is 1. The van der Waals surface area contributed by atoms with E-state index in [9.17, 15) is 9.90 Å². The molecule has 0 amide bonds. The van der Waals surface area contributed by atoms with Gasteiger partial charge in [0, 0.05) is 16.5 Å². The Morgan fingerprint density at radius 2 is 1.79 bits per heavy atom. The van der Waals surface area contributed by atoms with E-state index in [1.54, 1.807) is 0 Å². The Balaban J connectivity index is 2.48. The summed E-state index contributed by atoms with van der Waals surface area (Å²) in [6.45, 7) is 1.98. The average molecular weight is 251 g/mol. The van der Waals surface area contributed by atoms with E-state index in [0.29, 0.717) is 5.56 Å². The van der Waals surface area contributed by atoms with Crippen LogP contribution in [0, 0.1) is 6.92 Å². The van der Waals surface area contributed by atoms with Gasteiger partial charge in [-0.3, -0.25) is 4.79 Å². The molecule has 3 aromatic rings. The number of H-pyrrole nitrogens is 1. The van der Waals surface area contributed by atoms with Gasteiger partial charge in [0.15, 0.2) is 5.75 Å². The fourth-order valence-corrected chi connectivity index (χ4v) is 2.29. The maximum Gasteiger partial charge on any atom is 0.291 e. The molecule has 1 heterocycles. The number of nitrogens with one attached hydrogen (secondary N) is 1. The smallest absolute Gasteiger partial charge is 0.291 e. The minimum absolute atomic E-state index is 0.232. The number of pyridine rings is 1. The van der Waals surface area contributed by atoms with Crippen LogP contribution >= 0.6 is 0 Å². The zero-order chi connectivity index (χ0) is 13.4. The van der Waals surface area contributed by atoms with Crippen LogP contribution in [0.15, 0.2) is 53.3 Å². The van der Waals surface area contributed by atoms with Crippen molar-refractivity contribution < 1.29 is 5.11 Å². The van der Waals surface area contributed by atoms with Crippen LogP contribution in [0.1, 0.15) is 5.56 Å². The van der Waals surface area contributed by atoms with Gasteiger partial charge in [-0.25, -0.2) is 0 Å². The first-order valence-electron chi connectivity index (χ1n) is 6.08. The van der Waals surface area contributed by atoms with Gasteiger partial charge in [0.2, 0.25) is 0 Å². The second-order valence-corrected chi connectivity index (χ2v) is 4.59. The number of hydrogen-bond acceptors (Lipinski definition) is 2. The first-order valence-corrected chi connectivity index (χ1v) is 6.08. The summed E-state index contributed by atoms with van der Waals surface area (Å²) >= 11 is 0. The largest absolute Gasteiger partial charge is 0.503 e. The van der Waals surface area contributed by atoms with E-state index in [4.69, 9.17) is 0 Å². The van der Waals surface area contributed by atoms with Crippen molar-refractivity contribution >= 4 is 10.9 Å². The third kappa shape index (κ3) is 1.89. The van der Waals surface area contributed by atoms with Crippen LogP contribution in [0.4, 0.5) is 0 Å². The molecule has 0 saturated carbocycles. The predicted octanol–water partition coefficient (Wildman–Crippen LogP) is 3.21. The molecular formula is C16H13NO2. The number of aromatic nitrogens is 1. The van der Waals surface area contributed by atoms with Crippen LogP contribution in [0.25, 0.3) is 22.0 Å². The topological polar surface area (TPSA) is 53.1 Å². The Bertz CT molecular complexity index is 804. The van der Waals surface area contributed by atoms with Gasteiger partial charge in [0.1, 0.15) is 0 Å². The molecule has 0 unspecified atom stereocenters. The standard InChI is InChI=1S/C16H13NO2/c1-10-7-8-13-12(9-10)14(15(18)16(19)17-13)11-5-3-2-4-6-11/h2-9,18H,1H3,(H,17,19). The first-order chi connectivity index (χ1) is 9.16. The Morgan fingerprint density at radius 1 is 1.05 bits per heavy atom. The molecule has 3 nitrogen and oxygen atoms in total. The Morgan fingerprint density at radius 3 is 2.53 bits per heavy atom. The third-order valence-corrected chi connectivity index (χ3v) is 3.21. The summed E-state index contributed by atoms with van der Waals surface area (Å²) in [6, 6.07) is 15.2. The minimum Gasteiger partial charge on any atom is -0.503 e. The molecule has 2 N–H and O–H groups in total. The van der Waals surface area contributed by atoms with Crippen LogP contribution in [0.2, 0.25) is 0 Å². The van der Waals surface area contributed by atoms with Gasteiger partial charge in [-0.1, -0.05) is 42.0 Å². The van der Waals surface area contributed by atoms with E-state index in [2.05, 4.69) is 4.98 Å². The van der Waals surface area contributed by atoms with Crippen molar-refractivity contribution in [3.8, 4) is 16.9 Å². The molecule has 19 heavy (non-hydrogen) atoms. The summed E-state index contributed by atoms with van der Waals surface area (Å²) in [6.07, 6.45) is 0. The molecule has 0 radical (unpaired) electrons. The molecule has 94 valence electrons. The van der Waals surface area contributed by atoms with Crippen molar-refractivity contribution in [3.63, 3.8) is 0 Å². The Kier molecular flexibility index (Phi) is 2.60. The lowest BCUT2D eigenvalue weighted by molar-refractivity contribution is 0.470. The zero-order valence-corrected chi connectivity index (χ0v) is 10.5. The summed E-state index contributed by atoms with van der Waals surface area (Å²) in [5, 5.41) is 10.9. The maximum atomic E-state index is 11.8. The second kappa shape index (κ2) is 4.28. The highest BCUT2D eigenvalue weighted by Gasteiger charge is 2.13. The van der Waals surface area contributed by atoms with Crippen LogP contribution in [0.3, 0.4) is 0 Å². The molecule has 0 aliphatic rings. The van der Waals surface area contributed by atoms with Crippen molar-refractivity contribution in [1.29, 1.82) is 0 Å². The Labute approximate surface area is 110 Å². The summed E-state index contributed by atoms with van der Waals surface area (Å²) in [5.74, 6) is -0.232. The summed E-state index contributed by atoms with van der Waals surface area (Å²) in [4.78, 5) is 14.5. The minimum atomic E-state index is -0.463. The lowest BCUT2D eigenvalue weighted by atomic mass is 9.99. The lowest BCUT2D eigenvalue weighted by Crippen LogP contribution is -2.06. The van der Waals surface area contributed by atoms with Gasteiger partial charge >= 0.3 is 0 Å². The first kappa shape index (κ1) is 11.5. The van der Waals surface area contributed by atoms with E-state index >= 15 is 0 Å². The number of aromatic hydroxyl groups is 1. The highest BCUT2D eigenvalue weighted by molar-refractivity contribution is 5.97. The van der Waals surface area contributed by atoms with E-state index in [0.717, 1.165) is 22.0 Å². The van der Waals surface area contributed by atoms with Gasteiger partial charge in [-0.05, 0) is 24.6 Å². The predicted molar refractivity (Wildman–Crippen MR) is 76.4 cm³/mol. The Hall–Kier alpha value is -2.55. The van der Waals surface area contributed by atoms with Crippen molar-refractivity contribution in [2.24, 2.45) is 0 Å². The molecule has 2 aromatic carbocycles. The van der Waals surface area contributed by atoms with E-state index < -0.39 is 5.56 Å².